The van der Waals surface area contributed by atoms with Crippen molar-refractivity contribution in [3.05, 3.63) is 58.8 Å². The van der Waals surface area contributed by atoms with Gasteiger partial charge in [-0.15, -0.1) is 0 Å². The number of aromatic nitrogens is 1. The van der Waals surface area contributed by atoms with Gasteiger partial charge in [0.2, 0.25) is 0 Å². The van der Waals surface area contributed by atoms with E-state index in [0.717, 1.165) is 23.6 Å². The maximum absolute atomic E-state index is 5.79. The fourth-order valence-electron chi connectivity index (χ4n) is 2.10. The van der Waals surface area contributed by atoms with Gasteiger partial charge in [-0.1, -0.05) is 35.9 Å². The van der Waals surface area contributed by atoms with Crippen molar-refractivity contribution in [2.75, 3.05) is 11.9 Å². The summed E-state index contributed by atoms with van der Waals surface area (Å²) in [7, 11) is 2.06. The maximum atomic E-state index is 5.79. The van der Waals surface area contributed by atoms with Crippen LogP contribution in [0.15, 0.2) is 36.4 Å². The molecule has 0 aliphatic rings. The summed E-state index contributed by atoms with van der Waals surface area (Å²) in [5.41, 5.74) is 10.4. The normalized spacial score (nSPS) is 10.5. The predicted molar refractivity (Wildman–Crippen MR) is 80.2 cm³/mol. The molecule has 0 spiro atoms. The second-order valence-corrected chi connectivity index (χ2v) is 4.98. The van der Waals surface area contributed by atoms with Crippen LogP contribution in [-0.2, 0) is 13.1 Å². The van der Waals surface area contributed by atoms with Crippen LogP contribution < -0.4 is 10.6 Å². The van der Waals surface area contributed by atoms with Gasteiger partial charge in [-0.25, -0.2) is 4.98 Å². The molecule has 0 bridgehead atoms. The Morgan fingerprint density at radius 1 is 1.05 bits per heavy atom. The summed E-state index contributed by atoms with van der Waals surface area (Å²) in [5, 5.41) is 0. The van der Waals surface area contributed by atoms with E-state index in [-0.39, 0.29) is 0 Å². The fraction of sp³-hybridized carbons (Fsp3) is 0.312. The Morgan fingerprint density at radius 3 is 2.37 bits per heavy atom. The van der Waals surface area contributed by atoms with Crippen LogP contribution in [0.3, 0.4) is 0 Å². The minimum absolute atomic E-state index is 0.515. The Kier molecular flexibility index (Phi) is 4.17. The molecule has 19 heavy (non-hydrogen) atoms. The Morgan fingerprint density at radius 2 is 1.74 bits per heavy atom. The molecule has 2 rings (SSSR count). The van der Waals surface area contributed by atoms with Crippen molar-refractivity contribution in [1.82, 2.24) is 4.98 Å². The van der Waals surface area contributed by atoms with Crippen molar-refractivity contribution in [3.63, 3.8) is 0 Å². The largest absolute Gasteiger partial charge is 0.355 e. The van der Waals surface area contributed by atoms with E-state index >= 15 is 0 Å². The molecular formula is C16H21N3. The fourth-order valence-corrected chi connectivity index (χ4v) is 2.10. The zero-order valence-corrected chi connectivity index (χ0v) is 11.9. The number of rotatable bonds is 4. The Balaban J connectivity index is 2.21. The summed E-state index contributed by atoms with van der Waals surface area (Å²) in [6.07, 6.45) is 0. The van der Waals surface area contributed by atoms with Gasteiger partial charge in [0, 0.05) is 31.4 Å². The molecule has 0 aliphatic heterocycles. The second kappa shape index (κ2) is 5.85. The molecule has 3 heteroatoms. The molecule has 0 atom stereocenters. The van der Waals surface area contributed by atoms with Gasteiger partial charge in [0.25, 0.3) is 0 Å². The highest BCUT2D eigenvalue weighted by molar-refractivity contribution is 5.47. The van der Waals surface area contributed by atoms with Crippen LogP contribution in [0.1, 0.15) is 22.4 Å². The van der Waals surface area contributed by atoms with E-state index in [1.54, 1.807) is 0 Å². The number of hydrogen-bond acceptors (Lipinski definition) is 3. The standard InChI is InChI=1S/C16H21N3/c1-12-4-7-14(8-5-12)11-19(3)16-15(10-17)9-6-13(2)18-16/h4-9H,10-11,17H2,1-3H3. The lowest BCUT2D eigenvalue weighted by Crippen LogP contribution is -2.20. The Labute approximate surface area is 115 Å². The highest BCUT2D eigenvalue weighted by atomic mass is 15.2. The molecule has 2 N–H and O–H groups in total. The molecule has 0 aliphatic carbocycles. The van der Waals surface area contributed by atoms with E-state index < -0.39 is 0 Å². The van der Waals surface area contributed by atoms with Crippen LogP contribution in [0.4, 0.5) is 5.82 Å². The van der Waals surface area contributed by atoms with Crippen LogP contribution in [0.5, 0.6) is 0 Å². The van der Waals surface area contributed by atoms with Crippen molar-refractivity contribution >= 4 is 5.82 Å². The van der Waals surface area contributed by atoms with Crippen molar-refractivity contribution in [3.8, 4) is 0 Å². The van der Waals surface area contributed by atoms with Crippen LogP contribution in [-0.4, -0.2) is 12.0 Å². The number of aryl methyl sites for hydroxylation is 2. The molecule has 2 aromatic rings. The SMILES string of the molecule is Cc1ccc(CN(C)c2nc(C)ccc2CN)cc1. The first-order chi connectivity index (χ1) is 9.10. The van der Waals surface area contributed by atoms with Gasteiger partial charge in [0.1, 0.15) is 5.82 Å². The smallest absolute Gasteiger partial charge is 0.133 e. The number of benzene rings is 1. The summed E-state index contributed by atoms with van der Waals surface area (Å²) >= 11 is 0. The first-order valence-corrected chi connectivity index (χ1v) is 6.53. The molecule has 1 heterocycles. The van der Waals surface area contributed by atoms with E-state index in [0.29, 0.717) is 6.54 Å². The minimum atomic E-state index is 0.515. The van der Waals surface area contributed by atoms with Crippen LogP contribution >= 0.6 is 0 Å². The highest BCUT2D eigenvalue weighted by Gasteiger charge is 2.09. The molecule has 0 saturated carbocycles. The van der Waals surface area contributed by atoms with Gasteiger partial charge < -0.3 is 10.6 Å². The maximum Gasteiger partial charge on any atom is 0.133 e. The lowest BCUT2D eigenvalue weighted by Gasteiger charge is -2.21. The molecular weight excluding hydrogens is 234 g/mol. The van der Waals surface area contributed by atoms with Crippen LogP contribution in [0.2, 0.25) is 0 Å². The quantitative estimate of drug-likeness (QED) is 0.913. The van der Waals surface area contributed by atoms with Gasteiger partial charge in [-0.3, -0.25) is 0 Å². The number of nitrogens with two attached hydrogens (primary N) is 1. The van der Waals surface area contributed by atoms with Gasteiger partial charge in [0.15, 0.2) is 0 Å². The molecule has 0 fully saturated rings. The van der Waals surface area contributed by atoms with Crippen molar-refractivity contribution < 1.29 is 0 Å². The number of anilines is 1. The van der Waals surface area contributed by atoms with E-state index in [4.69, 9.17) is 5.73 Å². The van der Waals surface area contributed by atoms with E-state index in [9.17, 15) is 0 Å². The first kappa shape index (κ1) is 13.6. The van der Waals surface area contributed by atoms with Crippen molar-refractivity contribution in [2.24, 2.45) is 5.73 Å². The lowest BCUT2D eigenvalue weighted by atomic mass is 10.1. The molecule has 0 radical (unpaired) electrons. The first-order valence-electron chi connectivity index (χ1n) is 6.53. The van der Waals surface area contributed by atoms with Crippen molar-refractivity contribution in [1.29, 1.82) is 0 Å². The zero-order chi connectivity index (χ0) is 13.8. The number of pyridine rings is 1. The van der Waals surface area contributed by atoms with Gasteiger partial charge >= 0.3 is 0 Å². The third kappa shape index (κ3) is 3.32. The summed E-state index contributed by atoms with van der Waals surface area (Å²) in [6, 6.07) is 12.6. The van der Waals surface area contributed by atoms with Gasteiger partial charge in [0.05, 0.1) is 0 Å². The minimum Gasteiger partial charge on any atom is -0.355 e. The average Bonchev–Trinajstić information content (AvgIpc) is 2.41. The molecule has 0 amide bonds. The van der Waals surface area contributed by atoms with Crippen LogP contribution in [0.25, 0.3) is 0 Å². The third-order valence-electron chi connectivity index (χ3n) is 3.22. The molecule has 1 aromatic heterocycles. The highest BCUT2D eigenvalue weighted by Crippen LogP contribution is 2.19. The van der Waals surface area contributed by atoms with E-state index in [2.05, 4.69) is 54.2 Å². The summed E-state index contributed by atoms with van der Waals surface area (Å²) in [5.74, 6) is 0.975. The predicted octanol–water partition coefficient (Wildman–Crippen LogP) is 2.79. The van der Waals surface area contributed by atoms with E-state index in [1.807, 2.05) is 13.0 Å². The summed E-state index contributed by atoms with van der Waals surface area (Å²) in [6.45, 7) is 5.45. The molecule has 0 saturated heterocycles. The monoisotopic (exact) mass is 255 g/mol. The second-order valence-electron chi connectivity index (χ2n) is 4.98. The van der Waals surface area contributed by atoms with Gasteiger partial charge in [-0.2, -0.15) is 0 Å². The molecule has 100 valence electrons. The Hall–Kier alpha value is -1.87. The number of hydrogen-bond donors (Lipinski definition) is 1. The zero-order valence-electron chi connectivity index (χ0n) is 11.9. The average molecular weight is 255 g/mol. The Bertz CT molecular complexity index is 546. The van der Waals surface area contributed by atoms with E-state index in [1.165, 1.54) is 11.1 Å². The third-order valence-corrected chi connectivity index (χ3v) is 3.22. The molecule has 3 nitrogen and oxygen atoms in total. The lowest BCUT2D eigenvalue weighted by molar-refractivity contribution is 0.870. The summed E-state index contributed by atoms with van der Waals surface area (Å²) in [4.78, 5) is 6.76. The number of nitrogens with zero attached hydrogens (tertiary/aromatic N) is 2. The summed E-state index contributed by atoms with van der Waals surface area (Å²) < 4.78 is 0. The van der Waals surface area contributed by atoms with Crippen molar-refractivity contribution in [2.45, 2.75) is 26.9 Å². The molecule has 1 aromatic carbocycles. The molecule has 0 unspecified atom stereocenters. The van der Waals surface area contributed by atoms with Crippen LogP contribution in [0, 0.1) is 13.8 Å². The topological polar surface area (TPSA) is 42.2 Å². The van der Waals surface area contributed by atoms with Gasteiger partial charge in [-0.05, 0) is 25.5 Å².